The minimum absolute atomic E-state index is 0.0882. The average molecular weight is 314 g/mol. The molecular formula is C18H22N2OS. The van der Waals surface area contributed by atoms with Crippen molar-refractivity contribution in [2.24, 2.45) is 0 Å². The molecule has 2 heterocycles. The zero-order valence-electron chi connectivity index (χ0n) is 12.9. The van der Waals surface area contributed by atoms with Crippen LogP contribution in [0.2, 0.25) is 0 Å². The molecule has 3 rings (SSSR count). The molecule has 116 valence electrons. The molecule has 1 saturated heterocycles. The number of rotatable bonds is 5. The van der Waals surface area contributed by atoms with Crippen molar-refractivity contribution in [3.05, 3.63) is 58.3 Å². The monoisotopic (exact) mass is 314 g/mol. The predicted molar refractivity (Wildman–Crippen MR) is 90.9 cm³/mol. The van der Waals surface area contributed by atoms with E-state index in [4.69, 9.17) is 0 Å². The fourth-order valence-corrected chi connectivity index (χ4v) is 3.88. The van der Waals surface area contributed by atoms with E-state index in [1.54, 1.807) is 11.3 Å². The Kier molecular flexibility index (Phi) is 4.90. The van der Waals surface area contributed by atoms with E-state index in [9.17, 15) is 4.79 Å². The summed E-state index contributed by atoms with van der Waals surface area (Å²) in [6.07, 6.45) is 2.30. The summed E-state index contributed by atoms with van der Waals surface area (Å²) >= 11 is 1.68. The molecule has 2 atom stereocenters. The average Bonchev–Trinajstić information content (AvgIpc) is 3.19. The molecule has 1 amide bonds. The van der Waals surface area contributed by atoms with Crippen molar-refractivity contribution in [2.75, 3.05) is 13.1 Å². The van der Waals surface area contributed by atoms with E-state index >= 15 is 0 Å². The Labute approximate surface area is 136 Å². The van der Waals surface area contributed by atoms with Crippen molar-refractivity contribution >= 4 is 17.2 Å². The van der Waals surface area contributed by atoms with Crippen molar-refractivity contribution in [1.82, 2.24) is 10.2 Å². The summed E-state index contributed by atoms with van der Waals surface area (Å²) in [6.45, 7) is 3.53. The summed E-state index contributed by atoms with van der Waals surface area (Å²) in [7, 11) is 0. The van der Waals surface area contributed by atoms with Crippen LogP contribution in [-0.2, 0) is 4.79 Å². The summed E-state index contributed by atoms with van der Waals surface area (Å²) < 4.78 is 0. The highest BCUT2D eigenvalue weighted by molar-refractivity contribution is 7.10. The van der Waals surface area contributed by atoms with Crippen LogP contribution in [0.25, 0.3) is 0 Å². The largest absolute Gasteiger partial charge is 0.348 e. The Morgan fingerprint density at radius 3 is 2.86 bits per heavy atom. The van der Waals surface area contributed by atoms with Gasteiger partial charge in [0.05, 0.1) is 12.6 Å². The van der Waals surface area contributed by atoms with E-state index in [1.807, 2.05) is 24.4 Å². The van der Waals surface area contributed by atoms with Crippen LogP contribution in [0.3, 0.4) is 0 Å². The molecule has 2 aromatic rings. The summed E-state index contributed by atoms with van der Waals surface area (Å²) in [5, 5.41) is 5.16. The quantitative estimate of drug-likeness (QED) is 0.911. The van der Waals surface area contributed by atoms with Crippen molar-refractivity contribution in [3.8, 4) is 0 Å². The van der Waals surface area contributed by atoms with E-state index in [0.717, 1.165) is 19.4 Å². The van der Waals surface area contributed by atoms with Crippen LogP contribution in [0.4, 0.5) is 0 Å². The molecule has 1 aromatic heterocycles. The molecule has 3 nitrogen and oxygen atoms in total. The van der Waals surface area contributed by atoms with E-state index in [1.165, 1.54) is 10.4 Å². The lowest BCUT2D eigenvalue weighted by Crippen LogP contribution is -2.37. The molecule has 1 fully saturated rings. The minimum Gasteiger partial charge on any atom is -0.348 e. The second-order valence-electron chi connectivity index (χ2n) is 5.84. The number of nitrogens with one attached hydrogen (secondary N) is 1. The van der Waals surface area contributed by atoms with Crippen LogP contribution in [-0.4, -0.2) is 23.9 Å². The van der Waals surface area contributed by atoms with Gasteiger partial charge >= 0.3 is 0 Å². The molecular weight excluding hydrogens is 292 g/mol. The lowest BCUT2D eigenvalue weighted by molar-refractivity contribution is -0.123. The van der Waals surface area contributed by atoms with Crippen LogP contribution in [0.5, 0.6) is 0 Å². The third kappa shape index (κ3) is 3.57. The number of carbonyl (C=O) groups is 1. The van der Waals surface area contributed by atoms with E-state index in [2.05, 4.69) is 40.5 Å². The van der Waals surface area contributed by atoms with Gasteiger partial charge in [0, 0.05) is 10.9 Å². The normalized spacial score (nSPS) is 20.0. The molecule has 1 N–H and O–H groups in total. The van der Waals surface area contributed by atoms with Crippen LogP contribution >= 0.6 is 11.3 Å². The van der Waals surface area contributed by atoms with E-state index in [0.29, 0.717) is 12.6 Å². The van der Waals surface area contributed by atoms with Gasteiger partial charge in [-0.3, -0.25) is 9.69 Å². The number of benzene rings is 1. The standard InChI is InChI=1S/C18H22N2OS/c1-14(17-10-6-12-22-17)19-18(21)13-20-11-5-9-16(20)15-7-3-2-4-8-15/h2-4,6-8,10,12,14,16H,5,9,11,13H2,1H3,(H,19,21). The zero-order chi connectivity index (χ0) is 15.4. The molecule has 1 aliphatic rings. The first-order valence-electron chi connectivity index (χ1n) is 7.86. The minimum atomic E-state index is 0.0882. The topological polar surface area (TPSA) is 32.3 Å². The lowest BCUT2D eigenvalue weighted by atomic mass is 10.0. The Balaban J connectivity index is 1.59. The van der Waals surface area contributed by atoms with Crippen LogP contribution in [0, 0.1) is 0 Å². The lowest BCUT2D eigenvalue weighted by Gasteiger charge is -2.25. The summed E-state index contributed by atoms with van der Waals surface area (Å²) in [5.41, 5.74) is 1.32. The van der Waals surface area contributed by atoms with Gasteiger partial charge in [-0.15, -0.1) is 11.3 Å². The highest BCUT2D eigenvalue weighted by atomic mass is 32.1. The summed E-state index contributed by atoms with van der Waals surface area (Å²) in [4.78, 5) is 15.8. The van der Waals surface area contributed by atoms with Gasteiger partial charge in [-0.25, -0.2) is 0 Å². The zero-order valence-corrected chi connectivity index (χ0v) is 13.7. The first kappa shape index (κ1) is 15.3. The summed E-state index contributed by atoms with van der Waals surface area (Å²) in [5.74, 6) is 0.115. The number of hydrogen-bond donors (Lipinski definition) is 1. The van der Waals surface area contributed by atoms with Gasteiger partial charge in [-0.05, 0) is 43.3 Å². The van der Waals surface area contributed by atoms with Crippen molar-refractivity contribution in [2.45, 2.75) is 31.8 Å². The molecule has 0 bridgehead atoms. The van der Waals surface area contributed by atoms with Crippen molar-refractivity contribution in [1.29, 1.82) is 0 Å². The maximum absolute atomic E-state index is 12.3. The molecule has 22 heavy (non-hydrogen) atoms. The maximum Gasteiger partial charge on any atom is 0.234 e. The summed E-state index contributed by atoms with van der Waals surface area (Å²) in [6, 6.07) is 15.1. The second-order valence-corrected chi connectivity index (χ2v) is 6.82. The molecule has 0 aliphatic carbocycles. The predicted octanol–water partition coefficient (Wildman–Crippen LogP) is 3.76. The van der Waals surface area contributed by atoms with Gasteiger partial charge in [-0.2, -0.15) is 0 Å². The molecule has 2 unspecified atom stereocenters. The van der Waals surface area contributed by atoms with Gasteiger partial charge in [0.25, 0.3) is 0 Å². The number of nitrogens with zero attached hydrogens (tertiary/aromatic N) is 1. The van der Waals surface area contributed by atoms with Crippen molar-refractivity contribution in [3.63, 3.8) is 0 Å². The van der Waals surface area contributed by atoms with E-state index < -0.39 is 0 Å². The fraction of sp³-hybridized carbons (Fsp3) is 0.389. The molecule has 0 saturated carbocycles. The number of thiophene rings is 1. The highest BCUT2D eigenvalue weighted by Crippen LogP contribution is 2.31. The van der Waals surface area contributed by atoms with Gasteiger partial charge < -0.3 is 5.32 Å². The molecule has 1 aromatic carbocycles. The number of carbonyl (C=O) groups excluding carboxylic acids is 1. The first-order chi connectivity index (χ1) is 10.7. The maximum atomic E-state index is 12.3. The van der Waals surface area contributed by atoms with E-state index in [-0.39, 0.29) is 11.9 Å². The molecule has 1 aliphatic heterocycles. The second kappa shape index (κ2) is 7.07. The van der Waals surface area contributed by atoms with Gasteiger partial charge in [-0.1, -0.05) is 36.4 Å². The van der Waals surface area contributed by atoms with Crippen LogP contribution < -0.4 is 5.32 Å². The van der Waals surface area contributed by atoms with Gasteiger partial charge in [0.2, 0.25) is 5.91 Å². The van der Waals surface area contributed by atoms with Crippen LogP contribution in [0.15, 0.2) is 47.8 Å². The highest BCUT2D eigenvalue weighted by Gasteiger charge is 2.27. The SMILES string of the molecule is CC(NC(=O)CN1CCCC1c1ccccc1)c1cccs1. The number of likely N-dealkylation sites (tertiary alicyclic amines) is 1. The molecule has 4 heteroatoms. The Bertz CT molecular complexity index is 597. The molecule has 0 spiro atoms. The van der Waals surface area contributed by atoms with Gasteiger partial charge in [0.1, 0.15) is 0 Å². The third-order valence-corrected chi connectivity index (χ3v) is 5.30. The first-order valence-corrected chi connectivity index (χ1v) is 8.74. The smallest absolute Gasteiger partial charge is 0.234 e. The van der Waals surface area contributed by atoms with Crippen LogP contribution in [0.1, 0.15) is 42.3 Å². The Hall–Kier alpha value is -1.65. The number of hydrogen-bond acceptors (Lipinski definition) is 3. The molecule has 0 radical (unpaired) electrons. The fourth-order valence-electron chi connectivity index (χ4n) is 3.15. The third-order valence-electron chi connectivity index (χ3n) is 4.24. The Morgan fingerprint density at radius 1 is 1.32 bits per heavy atom. The van der Waals surface area contributed by atoms with Crippen molar-refractivity contribution < 1.29 is 4.79 Å². The Morgan fingerprint density at radius 2 is 2.14 bits per heavy atom. The van der Waals surface area contributed by atoms with Gasteiger partial charge in [0.15, 0.2) is 0 Å². The number of amides is 1.